The summed E-state index contributed by atoms with van der Waals surface area (Å²) in [6, 6.07) is 0. The molecule has 0 fully saturated rings. The molecule has 0 amide bonds. The van der Waals surface area contributed by atoms with Crippen molar-refractivity contribution >= 4 is 35.0 Å². The molecule has 7 heteroatoms. The predicted molar refractivity (Wildman–Crippen MR) is 68.2 cm³/mol. The van der Waals surface area contributed by atoms with Gasteiger partial charge in [-0.3, -0.25) is 9.59 Å². The minimum atomic E-state index is -0.810. The van der Waals surface area contributed by atoms with E-state index in [0.717, 1.165) is 14.9 Å². The number of nitrogens with zero attached hydrogens (tertiary/aromatic N) is 1. The number of fused-ring (bicyclic) bond motifs is 1. The van der Waals surface area contributed by atoms with Gasteiger partial charge < -0.3 is 10.2 Å². The Morgan fingerprint density at radius 2 is 2.22 bits per heavy atom. The molecule has 0 saturated carbocycles. The van der Waals surface area contributed by atoms with Crippen LogP contribution in [0.1, 0.15) is 23.4 Å². The Kier molecular flexibility index (Phi) is 4.23. The highest BCUT2D eigenvalue weighted by molar-refractivity contribution is 8.01. The third-order valence-electron chi connectivity index (χ3n) is 2.81. The van der Waals surface area contributed by atoms with Crippen molar-refractivity contribution < 1.29 is 19.8 Å². The zero-order valence-corrected chi connectivity index (χ0v) is 11.2. The summed E-state index contributed by atoms with van der Waals surface area (Å²) >= 11 is 2.93. The van der Waals surface area contributed by atoms with Crippen LogP contribution in [0.4, 0.5) is 0 Å². The van der Waals surface area contributed by atoms with Crippen LogP contribution in [-0.2, 0) is 22.4 Å². The maximum Gasteiger partial charge on any atom is 0.306 e. The molecule has 98 valence electrons. The number of hydrogen-bond donors (Lipinski definition) is 2. The van der Waals surface area contributed by atoms with Crippen LogP contribution in [0.3, 0.4) is 0 Å². The molecule has 5 nitrogen and oxygen atoms in total. The number of rotatable bonds is 5. The lowest BCUT2D eigenvalue weighted by Gasteiger charge is -2.16. The first-order chi connectivity index (χ1) is 8.56. The van der Waals surface area contributed by atoms with E-state index in [1.54, 1.807) is 0 Å². The molecule has 1 aromatic heterocycles. The number of carboxylic acid groups (broad SMARTS) is 2. The molecule has 2 rings (SSSR count). The van der Waals surface area contributed by atoms with Gasteiger partial charge in [-0.1, -0.05) is 11.8 Å². The number of carbonyl (C=O) groups is 2. The van der Waals surface area contributed by atoms with Crippen molar-refractivity contribution in [1.29, 1.82) is 0 Å². The minimum absolute atomic E-state index is 0.118. The van der Waals surface area contributed by atoms with E-state index < -0.39 is 11.9 Å². The first kappa shape index (κ1) is 13.4. The Morgan fingerprint density at radius 1 is 1.44 bits per heavy atom. The summed E-state index contributed by atoms with van der Waals surface area (Å²) in [6.45, 7) is 0. The lowest BCUT2D eigenvalue weighted by molar-refractivity contribution is -0.142. The molecule has 0 unspecified atom stereocenters. The second-order valence-electron chi connectivity index (χ2n) is 4.12. The molecule has 1 aromatic rings. The van der Waals surface area contributed by atoms with Gasteiger partial charge in [0, 0.05) is 10.6 Å². The van der Waals surface area contributed by atoms with Crippen molar-refractivity contribution in [2.75, 3.05) is 5.75 Å². The average Bonchev–Trinajstić information content (AvgIpc) is 2.69. The largest absolute Gasteiger partial charge is 0.481 e. The van der Waals surface area contributed by atoms with Crippen LogP contribution >= 0.6 is 23.1 Å². The molecule has 1 atom stereocenters. The zero-order valence-electron chi connectivity index (χ0n) is 9.59. The fraction of sp³-hybridized carbons (Fsp3) is 0.545. The molecule has 0 spiro atoms. The fourth-order valence-corrected chi connectivity index (χ4v) is 4.18. The van der Waals surface area contributed by atoms with Gasteiger partial charge in [0.2, 0.25) is 0 Å². The van der Waals surface area contributed by atoms with Gasteiger partial charge in [-0.25, -0.2) is 4.98 Å². The molecular weight excluding hydrogens is 274 g/mol. The van der Waals surface area contributed by atoms with E-state index in [9.17, 15) is 9.59 Å². The van der Waals surface area contributed by atoms with E-state index in [1.165, 1.54) is 23.1 Å². The summed E-state index contributed by atoms with van der Waals surface area (Å²) in [6.07, 6.45) is 2.03. The number of thiazole rings is 1. The van der Waals surface area contributed by atoms with E-state index in [1.807, 2.05) is 0 Å². The Morgan fingerprint density at radius 3 is 2.89 bits per heavy atom. The van der Waals surface area contributed by atoms with Crippen LogP contribution < -0.4 is 0 Å². The van der Waals surface area contributed by atoms with Crippen LogP contribution in [0.15, 0.2) is 4.34 Å². The highest BCUT2D eigenvalue weighted by atomic mass is 32.2. The summed E-state index contributed by atoms with van der Waals surface area (Å²) in [7, 11) is 0. The third-order valence-corrected chi connectivity index (χ3v) is 5.08. The standard InChI is InChI=1S/C11H13NO4S2/c13-9(14)3-4-17-11-12-7-2-1-6(10(15)16)5-8(7)18-11/h6H,1-5H2,(H,13,14)(H,15,16)/t6-/m1/s1. The van der Waals surface area contributed by atoms with E-state index in [4.69, 9.17) is 10.2 Å². The molecule has 0 radical (unpaired) electrons. The highest BCUT2D eigenvalue weighted by Crippen LogP contribution is 2.34. The smallest absolute Gasteiger partial charge is 0.306 e. The normalized spacial score (nSPS) is 18.3. The van der Waals surface area contributed by atoms with Crippen LogP contribution in [0.5, 0.6) is 0 Å². The SMILES string of the molecule is O=C(O)CCSc1nc2c(s1)C[C@H](C(=O)O)CC2. The second-order valence-corrected chi connectivity index (χ2v) is 6.55. The molecule has 1 aliphatic rings. The summed E-state index contributed by atoms with van der Waals surface area (Å²) in [5.74, 6) is -1.34. The van der Waals surface area contributed by atoms with Gasteiger partial charge in [-0.05, 0) is 19.3 Å². The van der Waals surface area contributed by atoms with Gasteiger partial charge in [-0.15, -0.1) is 11.3 Å². The Balaban J connectivity index is 1.97. The van der Waals surface area contributed by atoms with Crippen LogP contribution in [-0.4, -0.2) is 32.9 Å². The quantitative estimate of drug-likeness (QED) is 0.804. The summed E-state index contributed by atoms with van der Waals surface area (Å²) < 4.78 is 0.854. The lowest BCUT2D eigenvalue weighted by Crippen LogP contribution is -2.21. The number of thioether (sulfide) groups is 1. The molecule has 18 heavy (non-hydrogen) atoms. The summed E-state index contributed by atoms with van der Waals surface area (Å²) in [4.78, 5) is 26.8. The average molecular weight is 287 g/mol. The molecular formula is C11H13NO4S2. The molecule has 2 N–H and O–H groups in total. The van der Waals surface area contributed by atoms with Gasteiger partial charge in [0.25, 0.3) is 0 Å². The predicted octanol–water partition coefficient (Wildman–Crippen LogP) is 1.90. The van der Waals surface area contributed by atoms with E-state index in [-0.39, 0.29) is 12.3 Å². The Bertz CT molecular complexity index is 472. The Labute approximate surface area is 112 Å². The topological polar surface area (TPSA) is 87.5 Å². The monoisotopic (exact) mass is 287 g/mol. The second kappa shape index (κ2) is 5.71. The molecule has 0 bridgehead atoms. The molecule has 1 aliphatic carbocycles. The van der Waals surface area contributed by atoms with Crippen molar-refractivity contribution in [1.82, 2.24) is 4.98 Å². The van der Waals surface area contributed by atoms with Gasteiger partial charge in [0.05, 0.1) is 18.0 Å². The zero-order chi connectivity index (χ0) is 13.1. The highest BCUT2D eigenvalue weighted by Gasteiger charge is 2.27. The Hall–Kier alpha value is -1.08. The number of aryl methyl sites for hydroxylation is 1. The number of carboxylic acids is 2. The van der Waals surface area contributed by atoms with E-state index >= 15 is 0 Å². The maximum absolute atomic E-state index is 10.9. The molecule has 0 saturated heterocycles. The van der Waals surface area contributed by atoms with Gasteiger partial charge >= 0.3 is 11.9 Å². The first-order valence-electron chi connectivity index (χ1n) is 5.62. The number of hydrogen-bond acceptors (Lipinski definition) is 5. The van der Waals surface area contributed by atoms with Crippen LogP contribution in [0, 0.1) is 5.92 Å². The van der Waals surface area contributed by atoms with Crippen molar-refractivity contribution in [3.8, 4) is 0 Å². The fourth-order valence-electron chi connectivity index (χ4n) is 1.85. The summed E-state index contributed by atoms with van der Waals surface area (Å²) in [5, 5.41) is 17.5. The van der Waals surface area contributed by atoms with Crippen LogP contribution in [0.2, 0.25) is 0 Å². The van der Waals surface area contributed by atoms with Gasteiger partial charge in [-0.2, -0.15) is 0 Å². The molecule has 0 aliphatic heterocycles. The van der Waals surface area contributed by atoms with Crippen molar-refractivity contribution in [3.05, 3.63) is 10.6 Å². The van der Waals surface area contributed by atoms with E-state index in [0.29, 0.717) is 25.0 Å². The molecule has 1 heterocycles. The number of aromatic nitrogens is 1. The number of aliphatic carboxylic acids is 2. The van der Waals surface area contributed by atoms with Gasteiger partial charge in [0.15, 0.2) is 0 Å². The summed E-state index contributed by atoms with van der Waals surface area (Å²) in [5.41, 5.74) is 0.996. The van der Waals surface area contributed by atoms with Crippen LogP contribution in [0.25, 0.3) is 0 Å². The lowest BCUT2D eigenvalue weighted by atomic mass is 9.91. The van der Waals surface area contributed by atoms with Gasteiger partial charge in [0.1, 0.15) is 4.34 Å². The molecule has 0 aromatic carbocycles. The third kappa shape index (κ3) is 3.23. The van der Waals surface area contributed by atoms with Crippen molar-refractivity contribution in [2.24, 2.45) is 5.92 Å². The minimum Gasteiger partial charge on any atom is -0.481 e. The van der Waals surface area contributed by atoms with Crippen molar-refractivity contribution in [3.63, 3.8) is 0 Å². The maximum atomic E-state index is 10.9. The first-order valence-corrected chi connectivity index (χ1v) is 7.42. The van der Waals surface area contributed by atoms with Crippen molar-refractivity contribution in [2.45, 2.75) is 30.0 Å². The van der Waals surface area contributed by atoms with E-state index in [2.05, 4.69) is 4.98 Å².